The molecule has 2 aromatic rings. The minimum Gasteiger partial charge on any atom is -0.337 e. The first kappa shape index (κ1) is 14.2. The van der Waals surface area contributed by atoms with Crippen molar-refractivity contribution in [1.82, 2.24) is 14.9 Å². The summed E-state index contributed by atoms with van der Waals surface area (Å²) >= 11 is 0. The molecule has 0 aliphatic carbocycles. The van der Waals surface area contributed by atoms with Gasteiger partial charge in [-0.05, 0) is 36.5 Å². The van der Waals surface area contributed by atoms with E-state index in [9.17, 15) is 4.79 Å². The Hall–Kier alpha value is -2.43. The van der Waals surface area contributed by atoms with Crippen molar-refractivity contribution >= 4 is 11.9 Å². The summed E-state index contributed by atoms with van der Waals surface area (Å²) in [7, 11) is 0. The summed E-state index contributed by atoms with van der Waals surface area (Å²) in [5, 5.41) is 0. The van der Waals surface area contributed by atoms with Gasteiger partial charge in [-0.2, -0.15) is 0 Å². The minimum atomic E-state index is 0.0311. The molecule has 5 heteroatoms. The Morgan fingerprint density at radius 2 is 1.78 bits per heavy atom. The van der Waals surface area contributed by atoms with Gasteiger partial charge in [-0.25, -0.2) is 9.97 Å². The normalized spacial score (nSPS) is 17.2. The molecular weight excluding hydrogens is 288 g/mol. The third-order valence-corrected chi connectivity index (χ3v) is 4.67. The van der Waals surface area contributed by atoms with Gasteiger partial charge in [0.2, 0.25) is 5.95 Å². The molecule has 1 aromatic carbocycles. The van der Waals surface area contributed by atoms with Gasteiger partial charge in [-0.15, -0.1) is 0 Å². The molecule has 23 heavy (non-hydrogen) atoms. The van der Waals surface area contributed by atoms with E-state index >= 15 is 0 Å². The number of carbonyl (C=O) groups excluding carboxylic acids is 1. The van der Waals surface area contributed by atoms with E-state index in [4.69, 9.17) is 0 Å². The predicted molar refractivity (Wildman–Crippen MR) is 88.4 cm³/mol. The summed E-state index contributed by atoms with van der Waals surface area (Å²) in [5.74, 6) is 0.688. The van der Waals surface area contributed by atoms with E-state index in [1.807, 2.05) is 4.90 Å². The van der Waals surface area contributed by atoms with Crippen LogP contribution in [0.1, 0.15) is 34.5 Å². The maximum atomic E-state index is 12.5. The van der Waals surface area contributed by atoms with Crippen LogP contribution in [0.5, 0.6) is 0 Å². The van der Waals surface area contributed by atoms with Crippen molar-refractivity contribution < 1.29 is 4.79 Å². The second-order valence-corrected chi connectivity index (χ2v) is 6.18. The topological polar surface area (TPSA) is 49.3 Å². The molecule has 0 radical (unpaired) electrons. The van der Waals surface area contributed by atoms with E-state index in [-0.39, 0.29) is 5.91 Å². The Morgan fingerprint density at radius 3 is 2.61 bits per heavy atom. The first-order valence-corrected chi connectivity index (χ1v) is 8.25. The lowest BCUT2D eigenvalue weighted by Gasteiger charge is -2.29. The monoisotopic (exact) mass is 308 g/mol. The number of benzene rings is 1. The number of anilines is 1. The van der Waals surface area contributed by atoms with Crippen molar-refractivity contribution in [3.63, 3.8) is 0 Å². The summed E-state index contributed by atoms with van der Waals surface area (Å²) < 4.78 is 0. The van der Waals surface area contributed by atoms with Gasteiger partial charge in [0.15, 0.2) is 0 Å². The van der Waals surface area contributed by atoms with Crippen LogP contribution in [0.2, 0.25) is 0 Å². The van der Waals surface area contributed by atoms with Gasteiger partial charge in [-0.1, -0.05) is 24.3 Å². The molecule has 2 aliphatic heterocycles. The number of amides is 1. The van der Waals surface area contributed by atoms with Gasteiger partial charge in [-0.3, -0.25) is 4.79 Å². The quantitative estimate of drug-likeness (QED) is 0.854. The maximum absolute atomic E-state index is 12.5. The van der Waals surface area contributed by atoms with Gasteiger partial charge < -0.3 is 9.80 Å². The Balaban J connectivity index is 1.56. The lowest BCUT2D eigenvalue weighted by atomic mass is 10.0. The summed E-state index contributed by atoms with van der Waals surface area (Å²) in [5.41, 5.74) is 3.22. The zero-order chi connectivity index (χ0) is 15.6. The van der Waals surface area contributed by atoms with Gasteiger partial charge in [0, 0.05) is 32.4 Å². The van der Waals surface area contributed by atoms with Crippen molar-refractivity contribution in [2.75, 3.05) is 24.5 Å². The lowest BCUT2D eigenvalue weighted by Crippen LogP contribution is -2.33. The maximum Gasteiger partial charge on any atom is 0.272 e. The van der Waals surface area contributed by atoms with E-state index in [0.29, 0.717) is 11.6 Å². The van der Waals surface area contributed by atoms with Crippen LogP contribution in [0.3, 0.4) is 0 Å². The molecule has 1 fully saturated rings. The van der Waals surface area contributed by atoms with Gasteiger partial charge in [0.1, 0.15) is 5.69 Å². The molecule has 0 unspecified atom stereocenters. The number of rotatable bonds is 2. The third kappa shape index (κ3) is 2.79. The van der Waals surface area contributed by atoms with Crippen molar-refractivity contribution in [3.8, 4) is 0 Å². The van der Waals surface area contributed by atoms with Crippen LogP contribution in [0.4, 0.5) is 5.95 Å². The molecule has 1 aromatic heterocycles. The minimum absolute atomic E-state index is 0.0311. The van der Waals surface area contributed by atoms with E-state index in [2.05, 4.69) is 39.1 Å². The SMILES string of the molecule is O=C(c1ccnc(N2CCc3ccccc3C2)n1)N1CCCC1. The number of fused-ring (bicyclic) bond motifs is 1. The Bertz CT molecular complexity index is 724. The Morgan fingerprint density at radius 1 is 1.00 bits per heavy atom. The van der Waals surface area contributed by atoms with Crippen LogP contribution in [0.15, 0.2) is 36.5 Å². The fourth-order valence-electron chi connectivity index (χ4n) is 3.37. The lowest BCUT2D eigenvalue weighted by molar-refractivity contribution is 0.0787. The summed E-state index contributed by atoms with van der Waals surface area (Å²) in [6.07, 6.45) is 4.87. The average Bonchev–Trinajstić information content (AvgIpc) is 3.15. The second kappa shape index (κ2) is 5.99. The molecule has 0 N–H and O–H groups in total. The molecule has 0 atom stereocenters. The fraction of sp³-hybridized carbons (Fsp3) is 0.389. The molecule has 1 amide bonds. The number of hydrogen-bond acceptors (Lipinski definition) is 4. The van der Waals surface area contributed by atoms with Crippen molar-refractivity contribution in [1.29, 1.82) is 0 Å². The third-order valence-electron chi connectivity index (χ3n) is 4.67. The Kier molecular flexibility index (Phi) is 3.69. The fourth-order valence-corrected chi connectivity index (χ4v) is 3.37. The molecule has 0 bridgehead atoms. The van der Waals surface area contributed by atoms with Crippen LogP contribution < -0.4 is 4.90 Å². The molecule has 4 rings (SSSR count). The van der Waals surface area contributed by atoms with E-state index in [1.54, 1.807) is 12.3 Å². The van der Waals surface area contributed by atoms with Crippen LogP contribution in [-0.4, -0.2) is 40.4 Å². The van der Waals surface area contributed by atoms with Crippen LogP contribution >= 0.6 is 0 Å². The highest BCUT2D eigenvalue weighted by molar-refractivity contribution is 5.92. The van der Waals surface area contributed by atoms with Gasteiger partial charge >= 0.3 is 0 Å². The molecule has 5 nitrogen and oxygen atoms in total. The van der Waals surface area contributed by atoms with E-state index in [0.717, 1.165) is 45.4 Å². The van der Waals surface area contributed by atoms with Crippen molar-refractivity contribution in [3.05, 3.63) is 53.3 Å². The molecule has 1 saturated heterocycles. The van der Waals surface area contributed by atoms with Crippen LogP contribution in [-0.2, 0) is 13.0 Å². The second-order valence-electron chi connectivity index (χ2n) is 6.18. The molecule has 3 heterocycles. The smallest absolute Gasteiger partial charge is 0.272 e. The highest BCUT2D eigenvalue weighted by Gasteiger charge is 2.23. The molecular formula is C18H20N4O. The molecule has 118 valence electrons. The van der Waals surface area contributed by atoms with Crippen molar-refractivity contribution in [2.45, 2.75) is 25.8 Å². The van der Waals surface area contributed by atoms with Gasteiger partial charge in [0.25, 0.3) is 5.91 Å². The first-order valence-electron chi connectivity index (χ1n) is 8.25. The zero-order valence-corrected chi connectivity index (χ0v) is 13.1. The number of hydrogen-bond donors (Lipinski definition) is 0. The number of likely N-dealkylation sites (tertiary alicyclic amines) is 1. The highest BCUT2D eigenvalue weighted by Crippen LogP contribution is 2.22. The average molecular weight is 308 g/mol. The van der Waals surface area contributed by atoms with Crippen LogP contribution in [0.25, 0.3) is 0 Å². The van der Waals surface area contributed by atoms with E-state index in [1.165, 1.54) is 11.1 Å². The largest absolute Gasteiger partial charge is 0.337 e. The number of carbonyl (C=O) groups is 1. The summed E-state index contributed by atoms with van der Waals surface area (Å²) in [4.78, 5) is 25.5. The number of nitrogens with zero attached hydrogens (tertiary/aromatic N) is 4. The molecule has 2 aliphatic rings. The zero-order valence-electron chi connectivity index (χ0n) is 13.1. The summed E-state index contributed by atoms with van der Waals surface area (Å²) in [6.45, 7) is 3.38. The first-order chi connectivity index (χ1) is 11.3. The van der Waals surface area contributed by atoms with Gasteiger partial charge in [0.05, 0.1) is 0 Å². The summed E-state index contributed by atoms with van der Waals surface area (Å²) in [6, 6.07) is 10.2. The molecule has 0 spiro atoms. The standard InChI is InChI=1S/C18H20N4O/c23-17(21-10-3-4-11-21)16-7-9-19-18(20-16)22-12-8-14-5-1-2-6-15(14)13-22/h1-2,5-7,9H,3-4,8,10-13H2. The highest BCUT2D eigenvalue weighted by atomic mass is 16.2. The molecule has 0 saturated carbocycles. The van der Waals surface area contributed by atoms with E-state index < -0.39 is 0 Å². The number of aromatic nitrogens is 2. The van der Waals surface area contributed by atoms with Crippen LogP contribution in [0, 0.1) is 0 Å². The van der Waals surface area contributed by atoms with Crippen molar-refractivity contribution in [2.24, 2.45) is 0 Å². The predicted octanol–water partition coefficient (Wildman–Crippen LogP) is 2.28. The Labute approximate surface area is 136 Å².